The van der Waals surface area contributed by atoms with E-state index in [0.717, 1.165) is 0 Å². The van der Waals surface area contributed by atoms with Gasteiger partial charge in [0.05, 0.1) is 0 Å². The largest absolute Gasteiger partial charge is 0.481 e. The molecule has 1 aliphatic heterocycles. The first-order valence-corrected chi connectivity index (χ1v) is 6.24. The summed E-state index contributed by atoms with van der Waals surface area (Å²) < 4.78 is 44.7. The number of anilines is 1. The normalized spacial score (nSPS) is 22.9. The van der Waals surface area contributed by atoms with Gasteiger partial charge in [-0.25, -0.2) is 0 Å². The van der Waals surface area contributed by atoms with Crippen molar-refractivity contribution in [3.8, 4) is 0 Å². The van der Waals surface area contributed by atoms with Crippen LogP contribution in [0.3, 0.4) is 0 Å². The van der Waals surface area contributed by atoms with Crippen LogP contribution < -0.4 is 4.90 Å². The van der Waals surface area contributed by atoms with E-state index in [1.807, 2.05) is 0 Å². The van der Waals surface area contributed by atoms with Crippen molar-refractivity contribution in [1.29, 1.82) is 0 Å². The van der Waals surface area contributed by atoms with Gasteiger partial charge < -0.3 is 14.4 Å². The molecular formula is C13H11F3N2O3. The van der Waals surface area contributed by atoms with Crippen molar-refractivity contribution < 1.29 is 27.5 Å². The van der Waals surface area contributed by atoms with Gasteiger partial charge in [0.25, 0.3) is 6.01 Å². The van der Waals surface area contributed by atoms with Crippen LogP contribution in [0.2, 0.25) is 0 Å². The Bertz CT molecular complexity index is 664. The molecular weight excluding hydrogens is 289 g/mol. The molecule has 21 heavy (non-hydrogen) atoms. The number of carboxylic acids is 1. The van der Waals surface area contributed by atoms with Gasteiger partial charge in [0, 0.05) is 13.1 Å². The Morgan fingerprint density at radius 1 is 1.38 bits per heavy atom. The zero-order valence-electron chi connectivity index (χ0n) is 10.7. The number of benzene rings is 1. The van der Waals surface area contributed by atoms with Gasteiger partial charge in [-0.1, -0.05) is 12.1 Å². The standard InChI is InChI=1S/C13H11F3N2O3/c14-13(15,16)12(10(19)20)5-6-18(7-12)11-17-8-3-1-2-4-9(8)21-11/h1-4H,5-7H2,(H,19,20). The molecule has 1 aromatic carbocycles. The molecule has 0 saturated carbocycles. The van der Waals surface area contributed by atoms with Crippen LogP contribution in [-0.2, 0) is 4.79 Å². The Morgan fingerprint density at radius 2 is 2.10 bits per heavy atom. The summed E-state index contributed by atoms with van der Waals surface area (Å²) in [5.41, 5.74) is -1.80. The number of carboxylic acid groups (broad SMARTS) is 1. The molecule has 2 heterocycles. The number of para-hydroxylation sites is 2. The van der Waals surface area contributed by atoms with Crippen molar-refractivity contribution in [1.82, 2.24) is 4.98 Å². The fourth-order valence-corrected chi connectivity index (χ4v) is 2.50. The highest BCUT2D eigenvalue weighted by Gasteiger charge is 2.64. The molecule has 0 aliphatic carbocycles. The third kappa shape index (κ3) is 2.01. The molecule has 0 radical (unpaired) electrons. The van der Waals surface area contributed by atoms with Gasteiger partial charge in [-0.3, -0.25) is 4.79 Å². The summed E-state index contributed by atoms with van der Waals surface area (Å²) in [6, 6.07) is 6.79. The van der Waals surface area contributed by atoms with E-state index in [1.54, 1.807) is 24.3 Å². The topological polar surface area (TPSA) is 66.6 Å². The summed E-state index contributed by atoms with van der Waals surface area (Å²) in [4.78, 5) is 16.4. The molecule has 1 aliphatic rings. The van der Waals surface area contributed by atoms with Gasteiger partial charge in [-0.15, -0.1) is 0 Å². The Kier molecular flexibility index (Phi) is 2.86. The second-order valence-corrected chi connectivity index (χ2v) is 5.02. The summed E-state index contributed by atoms with van der Waals surface area (Å²) in [6.45, 7) is -0.767. The third-order valence-corrected chi connectivity index (χ3v) is 3.77. The van der Waals surface area contributed by atoms with Crippen molar-refractivity contribution in [2.24, 2.45) is 5.41 Å². The van der Waals surface area contributed by atoms with Gasteiger partial charge in [0.1, 0.15) is 5.52 Å². The summed E-state index contributed by atoms with van der Waals surface area (Å²) >= 11 is 0. The Balaban J connectivity index is 1.94. The Morgan fingerprint density at radius 3 is 2.67 bits per heavy atom. The highest BCUT2D eigenvalue weighted by Crippen LogP contribution is 2.46. The van der Waals surface area contributed by atoms with Gasteiger partial charge >= 0.3 is 12.1 Å². The van der Waals surface area contributed by atoms with Crippen molar-refractivity contribution >= 4 is 23.1 Å². The third-order valence-electron chi connectivity index (χ3n) is 3.77. The van der Waals surface area contributed by atoms with E-state index in [2.05, 4.69) is 4.98 Å². The lowest BCUT2D eigenvalue weighted by Crippen LogP contribution is -2.47. The zero-order valence-corrected chi connectivity index (χ0v) is 10.7. The van der Waals surface area contributed by atoms with Crippen LogP contribution >= 0.6 is 0 Å². The maximum atomic E-state index is 13.1. The molecule has 1 N–H and O–H groups in total. The van der Waals surface area contributed by atoms with Gasteiger partial charge in [-0.2, -0.15) is 18.2 Å². The summed E-state index contributed by atoms with van der Waals surface area (Å²) in [7, 11) is 0. The Hall–Kier alpha value is -2.25. The molecule has 1 fully saturated rings. The molecule has 1 atom stereocenters. The second kappa shape index (κ2) is 4.37. The van der Waals surface area contributed by atoms with Crippen molar-refractivity contribution in [3.63, 3.8) is 0 Å². The monoisotopic (exact) mass is 300 g/mol. The quantitative estimate of drug-likeness (QED) is 0.923. The number of alkyl halides is 3. The molecule has 1 unspecified atom stereocenters. The number of rotatable bonds is 2. The van der Waals surface area contributed by atoms with Crippen LogP contribution in [0.5, 0.6) is 0 Å². The SMILES string of the molecule is O=C(O)C1(C(F)(F)F)CCN(c2nc3ccccc3o2)C1. The van der Waals surface area contributed by atoms with E-state index in [0.29, 0.717) is 11.1 Å². The molecule has 1 saturated heterocycles. The number of hydrogen-bond donors (Lipinski definition) is 1. The molecule has 8 heteroatoms. The van der Waals surface area contributed by atoms with Crippen LogP contribution in [-0.4, -0.2) is 35.3 Å². The number of nitrogens with zero attached hydrogens (tertiary/aromatic N) is 2. The molecule has 112 valence electrons. The average Bonchev–Trinajstić information content (AvgIpc) is 3.02. The van der Waals surface area contributed by atoms with E-state index in [4.69, 9.17) is 9.52 Å². The minimum absolute atomic E-state index is 0.0172. The van der Waals surface area contributed by atoms with Crippen molar-refractivity contribution in [2.75, 3.05) is 18.0 Å². The highest BCUT2D eigenvalue weighted by molar-refractivity contribution is 5.78. The minimum atomic E-state index is -4.82. The number of oxazole rings is 1. The van der Waals surface area contributed by atoms with Crippen LogP contribution in [0, 0.1) is 5.41 Å². The van der Waals surface area contributed by atoms with Gasteiger partial charge in [-0.05, 0) is 18.6 Å². The fraction of sp³-hybridized carbons (Fsp3) is 0.385. The number of fused-ring (bicyclic) bond motifs is 1. The summed E-state index contributed by atoms with van der Waals surface area (Å²) in [5.74, 6) is -1.87. The van der Waals surface area contributed by atoms with Crippen LogP contribution in [0.4, 0.5) is 19.2 Å². The zero-order chi connectivity index (χ0) is 15.3. The molecule has 0 spiro atoms. The lowest BCUT2D eigenvalue weighted by Gasteiger charge is -2.26. The molecule has 0 bridgehead atoms. The first kappa shape index (κ1) is 13.7. The molecule has 1 aromatic heterocycles. The minimum Gasteiger partial charge on any atom is -0.481 e. The van der Waals surface area contributed by atoms with Gasteiger partial charge in [0.2, 0.25) is 0 Å². The molecule has 5 nitrogen and oxygen atoms in total. The number of halogens is 3. The number of hydrogen-bond acceptors (Lipinski definition) is 4. The maximum Gasteiger partial charge on any atom is 0.406 e. The predicted octanol–water partition coefficient (Wildman–Crippen LogP) is 2.67. The highest BCUT2D eigenvalue weighted by atomic mass is 19.4. The first-order valence-electron chi connectivity index (χ1n) is 6.24. The van der Waals surface area contributed by atoms with Crippen molar-refractivity contribution in [2.45, 2.75) is 12.6 Å². The van der Waals surface area contributed by atoms with Crippen LogP contribution in [0.25, 0.3) is 11.1 Å². The maximum absolute atomic E-state index is 13.1. The van der Waals surface area contributed by atoms with Crippen molar-refractivity contribution in [3.05, 3.63) is 24.3 Å². The lowest BCUT2D eigenvalue weighted by molar-refractivity contribution is -0.225. The first-order chi connectivity index (χ1) is 9.83. The average molecular weight is 300 g/mol. The molecule has 2 aromatic rings. The predicted molar refractivity (Wildman–Crippen MR) is 67.0 cm³/mol. The van der Waals surface area contributed by atoms with Crippen LogP contribution in [0.15, 0.2) is 28.7 Å². The summed E-state index contributed by atoms with van der Waals surface area (Å²) in [6.07, 6.45) is -5.34. The fourth-order valence-electron chi connectivity index (χ4n) is 2.50. The summed E-state index contributed by atoms with van der Waals surface area (Å²) in [5, 5.41) is 9.01. The smallest absolute Gasteiger partial charge is 0.406 e. The molecule has 3 rings (SSSR count). The number of carbonyl (C=O) groups is 1. The number of aromatic nitrogens is 1. The second-order valence-electron chi connectivity index (χ2n) is 5.02. The van der Waals surface area contributed by atoms with Gasteiger partial charge in [0.15, 0.2) is 11.0 Å². The van der Waals surface area contributed by atoms with E-state index in [9.17, 15) is 18.0 Å². The Labute approximate surface area is 117 Å². The number of aliphatic carboxylic acids is 1. The van der Waals surface area contributed by atoms with E-state index >= 15 is 0 Å². The lowest BCUT2D eigenvalue weighted by atomic mass is 9.86. The molecule has 0 amide bonds. The van der Waals surface area contributed by atoms with Crippen LogP contribution in [0.1, 0.15) is 6.42 Å². The van der Waals surface area contributed by atoms with E-state index in [1.165, 1.54) is 4.90 Å². The van der Waals surface area contributed by atoms with E-state index < -0.39 is 30.5 Å². The van der Waals surface area contributed by atoms with E-state index in [-0.39, 0.29) is 12.6 Å².